The first-order chi connectivity index (χ1) is 8.17. The van der Waals surface area contributed by atoms with E-state index in [-0.39, 0.29) is 5.97 Å². The molecule has 0 N–H and O–H groups in total. The van der Waals surface area contributed by atoms with Crippen LogP contribution in [0.3, 0.4) is 0 Å². The third kappa shape index (κ3) is 5.52. The molecule has 0 aliphatic heterocycles. The Bertz CT molecular complexity index is 322. The van der Waals surface area contributed by atoms with Gasteiger partial charge in [-0.05, 0) is 60.0 Å². The number of ether oxygens (including phenoxy) is 1. The van der Waals surface area contributed by atoms with Crippen LogP contribution in [0.15, 0.2) is 24.3 Å². The largest absolute Gasteiger partial charge is 0.455 e. The van der Waals surface area contributed by atoms with E-state index >= 15 is 0 Å². The van der Waals surface area contributed by atoms with Crippen LogP contribution in [0.2, 0.25) is 0 Å². The van der Waals surface area contributed by atoms with E-state index in [0.29, 0.717) is 0 Å². The van der Waals surface area contributed by atoms with E-state index in [9.17, 15) is 4.79 Å². The van der Waals surface area contributed by atoms with E-state index in [1.807, 2.05) is 27.7 Å². The van der Waals surface area contributed by atoms with Crippen LogP contribution in [-0.2, 0) is 9.53 Å². The minimum Gasteiger partial charge on any atom is -0.455 e. The molecule has 2 heteroatoms. The van der Waals surface area contributed by atoms with Crippen molar-refractivity contribution in [1.29, 1.82) is 0 Å². The van der Waals surface area contributed by atoms with Gasteiger partial charge in [-0.1, -0.05) is 25.2 Å². The highest BCUT2D eigenvalue weighted by Crippen LogP contribution is 2.28. The zero-order valence-corrected chi connectivity index (χ0v) is 12.8. The highest BCUT2D eigenvalue weighted by Gasteiger charge is 2.33. The van der Waals surface area contributed by atoms with E-state index in [1.165, 1.54) is 5.57 Å². The lowest BCUT2D eigenvalue weighted by Crippen LogP contribution is -2.36. The van der Waals surface area contributed by atoms with E-state index in [0.717, 1.165) is 19.3 Å². The summed E-state index contributed by atoms with van der Waals surface area (Å²) < 4.78 is 5.64. The Labute approximate surface area is 112 Å². The van der Waals surface area contributed by atoms with Crippen LogP contribution >= 0.6 is 0 Å². The first-order valence-corrected chi connectivity index (χ1v) is 6.67. The van der Waals surface area contributed by atoms with Crippen molar-refractivity contribution in [2.45, 2.75) is 66.4 Å². The van der Waals surface area contributed by atoms with Gasteiger partial charge in [0.15, 0.2) is 0 Å². The number of hydrogen-bond donors (Lipinski definition) is 0. The molecule has 0 radical (unpaired) electrons. The molecule has 0 spiro atoms. The van der Waals surface area contributed by atoms with Crippen LogP contribution in [0, 0.1) is 5.41 Å². The minimum absolute atomic E-state index is 0.149. The van der Waals surface area contributed by atoms with E-state index in [4.69, 9.17) is 4.74 Å². The van der Waals surface area contributed by atoms with Crippen molar-refractivity contribution in [1.82, 2.24) is 0 Å². The number of carbonyl (C=O) groups is 1. The lowest BCUT2D eigenvalue weighted by atomic mass is 9.89. The molecule has 0 fully saturated rings. The first-order valence-electron chi connectivity index (χ1n) is 6.67. The first kappa shape index (κ1) is 16.9. The number of carbonyl (C=O) groups excluding carboxylic acids is 1. The summed E-state index contributed by atoms with van der Waals surface area (Å²) in [4.78, 5) is 12.1. The molecule has 0 aliphatic rings. The van der Waals surface area contributed by atoms with Crippen molar-refractivity contribution >= 4 is 5.97 Å². The molecule has 0 saturated carbocycles. The Hall–Kier alpha value is -1.05. The van der Waals surface area contributed by atoms with Crippen molar-refractivity contribution in [3.63, 3.8) is 0 Å². The third-order valence-corrected chi connectivity index (χ3v) is 3.39. The number of hydrogen-bond acceptors (Lipinski definition) is 2. The highest BCUT2D eigenvalue weighted by atomic mass is 16.6. The molecule has 0 rings (SSSR count). The fourth-order valence-corrected chi connectivity index (χ4v) is 1.34. The van der Waals surface area contributed by atoms with Crippen LogP contribution in [0.25, 0.3) is 0 Å². The SMILES string of the molecule is C=CC(C)(CCC=C(C)C)OC(=O)C(C)(C)CC. The monoisotopic (exact) mass is 252 g/mol. The van der Waals surface area contributed by atoms with Gasteiger partial charge in [-0.25, -0.2) is 0 Å². The summed E-state index contributed by atoms with van der Waals surface area (Å²) in [6.07, 6.45) is 6.32. The van der Waals surface area contributed by atoms with Crippen molar-refractivity contribution in [2.75, 3.05) is 0 Å². The third-order valence-electron chi connectivity index (χ3n) is 3.39. The lowest BCUT2D eigenvalue weighted by Gasteiger charge is -2.30. The lowest BCUT2D eigenvalue weighted by molar-refractivity contribution is -0.165. The van der Waals surface area contributed by atoms with Gasteiger partial charge in [-0.15, -0.1) is 0 Å². The van der Waals surface area contributed by atoms with Crippen LogP contribution < -0.4 is 0 Å². The normalized spacial score (nSPS) is 14.6. The van der Waals surface area contributed by atoms with Gasteiger partial charge in [0.1, 0.15) is 5.60 Å². The molecule has 0 heterocycles. The van der Waals surface area contributed by atoms with Crippen molar-refractivity contribution in [3.05, 3.63) is 24.3 Å². The predicted octanol–water partition coefficient (Wildman–Crippen LogP) is 4.66. The maximum atomic E-state index is 12.1. The quantitative estimate of drug-likeness (QED) is 0.486. The molecule has 0 bridgehead atoms. The van der Waals surface area contributed by atoms with Crippen LogP contribution in [0.4, 0.5) is 0 Å². The molecule has 0 saturated heterocycles. The fourth-order valence-electron chi connectivity index (χ4n) is 1.34. The Balaban J connectivity index is 4.62. The van der Waals surface area contributed by atoms with Gasteiger partial charge in [0, 0.05) is 0 Å². The van der Waals surface area contributed by atoms with E-state index in [2.05, 4.69) is 26.5 Å². The number of esters is 1. The highest BCUT2D eigenvalue weighted by molar-refractivity contribution is 5.76. The van der Waals surface area contributed by atoms with Crippen molar-refractivity contribution < 1.29 is 9.53 Å². The molecule has 18 heavy (non-hydrogen) atoms. The van der Waals surface area contributed by atoms with Gasteiger partial charge in [0.2, 0.25) is 0 Å². The van der Waals surface area contributed by atoms with Gasteiger partial charge in [0.25, 0.3) is 0 Å². The zero-order chi connectivity index (χ0) is 14.4. The van der Waals surface area contributed by atoms with Crippen LogP contribution in [0.1, 0.15) is 60.8 Å². The molecule has 2 nitrogen and oxygen atoms in total. The molecule has 1 unspecified atom stereocenters. The van der Waals surface area contributed by atoms with E-state index in [1.54, 1.807) is 6.08 Å². The van der Waals surface area contributed by atoms with Gasteiger partial charge in [-0.2, -0.15) is 0 Å². The van der Waals surface area contributed by atoms with Gasteiger partial charge >= 0.3 is 5.97 Å². The molecule has 1 atom stereocenters. The number of allylic oxidation sites excluding steroid dienone is 2. The Kier molecular flexibility index (Phi) is 6.37. The van der Waals surface area contributed by atoms with Crippen LogP contribution in [0.5, 0.6) is 0 Å². The average Bonchev–Trinajstić information content (AvgIpc) is 2.28. The summed E-state index contributed by atoms with van der Waals surface area (Å²) in [5, 5.41) is 0. The fraction of sp³-hybridized carbons (Fsp3) is 0.688. The predicted molar refractivity (Wildman–Crippen MR) is 77.4 cm³/mol. The second kappa shape index (κ2) is 6.77. The van der Waals surface area contributed by atoms with Crippen molar-refractivity contribution in [2.24, 2.45) is 5.41 Å². The van der Waals surface area contributed by atoms with Crippen LogP contribution in [-0.4, -0.2) is 11.6 Å². The Morgan fingerprint density at radius 2 is 1.83 bits per heavy atom. The summed E-state index contributed by atoms with van der Waals surface area (Å²) in [7, 11) is 0. The molecule has 0 aliphatic carbocycles. The molecular weight excluding hydrogens is 224 g/mol. The maximum absolute atomic E-state index is 12.1. The van der Waals surface area contributed by atoms with Gasteiger partial charge < -0.3 is 4.74 Å². The Morgan fingerprint density at radius 3 is 2.22 bits per heavy atom. The molecule has 104 valence electrons. The molecule has 0 aromatic heterocycles. The average molecular weight is 252 g/mol. The second-order valence-corrected chi connectivity index (χ2v) is 5.96. The molecule has 0 aromatic rings. The molecular formula is C16H28O2. The second-order valence-electron chi connectivity index (χ2n) is 5.96. The molecule has 0 amide bonds. The summed E-state index contributed by atoms with van der Waals surface area (Å²) in [5.41, 5.74) is 0.276. The summed E-state index contributed by atoms with van der Waals surface area (Å²) in [6.45, 7) is 15.7. The smallest absolute Gasteiger partial charge is 0.312 e. The Morgan fingerprint density at radius 1 is 1.28 bits per heavy atom. The van der Waals surface area contributed by atoms with Gasteiger partial charge in [-0.3, -0.25) is 4.79 Å². The summed E-state index contributed by atoms with van der Waals surface area (Å²) in [6, 6.07) is 0. The zero-order valence-electron chi connectivity index (χ0n) is 12.8. The summed E-state index contributed by atoms with van der Waals surface area (Å²) >= 11 is 0. The minimum atomic E-state index is -0.574. The summed E-state index contributed by atoms with van der Waals surface area (Å²) in [5.74, 6) is -0.149. The maximum Gasteiger partial charge on any atom is 0.312 e. The topological polar surface area (TPSA) is 26.3 Å². The van der Waals surface area contributed by atoms with E-state index < -0.39 is 11.0 Å². The standard InChI is InChI=1S/C16H28O2/c1-8-15(5,6)14(17)18-16(7,9-2)12-10-11-13(3)4/h9,11H,2,8,10,12H2,1,3-7H3. The molecule has 0 aromatic carbocycles. The van der Waals surface area contributed by atoms with Gasteiger partial charge in [0.05, 0.1) is 5.41 Å². The number of rotatable bonds is 7. The van der Waals surface area contributed by atoms with Crippen molar-refractivity contribution in [3.8, 4) is 0 Å².